The Morgan fingerprint density at radius 2 is 1.24 bits per heavy atom. The summed E-state index contributed by atoms with van der Waals surface area (Å²) >= 11 is 0.893. The Morgan fingerprint density at radius 1 is 0.759 bits per heavy atom. The number of urea groups is 1. The number of carboxylic acid groups (broad SMARTS) is 1. The minimum absolute atomic E-state index is 0.00209. The van der Waals surface area contributed by atoms with Gasteiger partial charge in [0.05, 0.1) is 0 Å². The third kappa shape index (κ3) is 18.3. The number of thioether (sulfide) groups is 1. The van der Waals surface area contributed by atoms with Crippen LogP contribution in [0.15, 0.2) is 0 Å². The summed E-state index contributed by atoms with van der Waals surface area (Å²) in [6.07, 6.45) is 13.6. The molecule has 29 heavy (non-hydrogen) atoms. The number of carbonyl (C=O) groups excluding carboxylic acids is 2. The Labute approximate surface area is 180 Å². The van der Waals surface area contributed by atoms with Crippen molar-refractivity contribution in [3.63, 3.8) is 0 Å². The van der Waals surface area contributed by atoms with E-state index in [0.717, 1.165) is 43.9 Å². The summed E-state index contributed by atoms with van der Waals surface area (Å²) in [7, 11) is 0. The molecule has 0 aromatic heterocycles. The molecule has 0 bridgehead atoms. The minimum atomic E-state index is -1.14. The molecule has 0 aliphatic heterocycles. The summed E-state index contributed by atoms with van der Waals surface area (Å²) < 4.78 is 0. The van der Waals surface area contributed by atoms with Crippen LogP contribution in [0.4, 0.5) is 9.59 Å². The maximum atomic E-state index is 11.9. The average Bonchev–Trinajstić information content (AvgIpc) is 2.69. The minimum Gasteiger partial charge on any atom is -0.480 e. The van der Waals surface area contributed by atoms with Gasteiger partial charge in [0.25, 0.3) is 5.24 Å². The first-order chi connectivity index (χ1) is 14.0. The van der Waals surface area contributed by atoms with Crippen molar-refractivity contribution in [3.05, 3.63) is 0 Å². The first kappa shape index (κ1) is 27.6. The molecule has 0 aromatic rings. The van der Waals surface area contributed by atoms with Crippen molar-refractivity contribution in [2.45, 2.75) is 96.9 Å². The van der Waals surface area contributed by atoms with E-state index in [2.05, 4.69) is 29.8 Å². The van der Waals surface area contributed by atoms with Gasteiger partial charge in [-0.25, -0.2) is 9.59 Å². The predicted molar refractivity (Wildman–Crippen MR) is 121 cm³/mol. The van der Waals surface area contributed by atoms with Crippen LogP contribution in [0.3, 0.4) is 0 Å². The second kappa shape index (κ2) is 19.9. The van der Waals surface area contributed by atoms with Crippen LogP contribution >= 0.6 is 11.8 Å². The largest absolute Gasteiger partial charge is 0.480 e. The van der Waals surface area contributed by atoms with Crippen molar-refractivity contribution in [2.75, 3.05) is 18.8 Å². The van der Waals surface area contributed by atoms with E-state index in [0.29, 0.717) is 13.1 Å². The summed E-state index contributed by atoms with van der Waals surface area (Å²) in [6.45, 7) is 5.47. The maximum Gasteiger partial charge on any atom is 0.327 e. The van der Waals surface area contributed by atoms with Gasteiger partial charge in [0.1, 0.15) is 6.04 Å². The molecule has 1 atom stereocenters. The number of unbranched alkanes of at least 4 members (excludes halogenated alkanes) is 10. The summed E-state index contributed by atoms with van der Waals surface area (Å²) in [6, 6.07) is -1.59. The van der Waals surface area contributed by atoms with E-state index >= 15 is 0 Å². The standard InChI is InChI=1S/C21H41N3O4S/c1-3-5-7-9-11-13-15-22-20(27)24-18(19(25)26)17-29-21(28)23-16-14-12-10-8-6-4-2/h18H,3-17H2,1-2H3,(H,23,28)(H,25,26)(H2,22,24,27)/t18-/m0/s1. The summed E-state index contributed by atoms with van der Waals surface area (Å²) in [4.78, 5) is 35.0. The van der Waals surface area contributed by atoms with Gasteiger partial charge in [-0.15, -0.1) is 0 Å². The predicted octanol–water partition coefficient (Wildman–Crippen LogP) is 4.90. The van der Waals surface area contributed by atoms with Crippen LogP contribution in [0.25, 0.3) is 0 Å². The number of aliphatic carboxylic acids is 1. The van der Waals surface area contributed by atoms with Gasteiger partial charge in [-0.05, 0) is 12.8 Å². The van der Waals surface area contributed by atoms with Crippen LogP contribution in [-0.4, -0.2) is 47.2 Å². The zero-order chi connectivity index (χ0) is 21.7. The van der Waals surface area contributed by atoms with Crippen LogP contribution < -0.4 is 16.0 Å². The molecule has 0 heterocycles. The van der Waals surface area contributed by atoms with Crippen LogP contribution in [0.1, 0.15) is 90.9 Å². The summed E-state index contributed by atoms with van der Waals surface area (Å²) in [5.41, 5.74) is 0. The van der Waals surface area contributed by atoms with Gasteiger partial charge >= 0.3 is 12.0 Å². The molecule has 0 fully saturated rings. The van der Waals surface area contributed by atoms with E-state index in [-0.39, 0.29) is 11.0 Å². The number of nitrogens with one attached hydrogen (secondary N) is 3. The monoisotopic (exact) mass is 431 g/mol. The highest BCUT2D eigenvalue weighted by molar-refractivity contribution is 8.13. The van der Waals surface area contributed by atoms with Gasteiger partial charge < -0.3 is 21.1 Å². The van der Waals surface area contributed by atoms with Gasteiger partial charge in [0.2, 0.25) is 0 Å². The second-order valence-electron chi connectivity index (χ2n) is 7.35. The maximum absolute atomic E-state index is 11.9. The number of carbonyl (C=O) groups is 3. The molecule has 0 aromatic carbocycles. The lowest BCUT2D eigenvalue weighted by Crippen LogP contribution is -2.47. The highest BCUT2D eigenvalue weighted by Gasteiger charge is 2.21. The Morgan fingerprint density at radius 3 is 1.76 bits per heavy atom. The van der Waals surface area contributed by atoms with E-state index in [1.807, 2.05) is 0 Å². The molecule has 0 aliphatic carbocycles. The number of hydrogen-bond acceptors (Lipinski definition) is 4. The van der Waals surface area contributed by atoms with Crippen LogP contribution in [0.5, 0.6) is 0 Å². The molecule has 3 amide bonds. The average molecular weight is 432 g/mol. The van der Waals surface area contributed by atoms with E-state index in [4.69, 9.17) is 0 Å². The van der Waals surface area contributed by atoms with Crippen molar-refractivity contribution < 1.29 is 19.5 Å². The quantitative estimate of drug-likeness (QED) is 0.231. The molecule has 170 valence electrons. The number of rotatable bonds is 18. The molecule has 7 nitrogen and oxygen atoms in total. The molecule has 0 radical (unpaired) electrons. The van der Waals surface area contributed by atoms with Crippen LogP contribution in [0, 0.1) is 0 Å². The fourth-order valence-electron chi connectivity index (χ4n) is 2.80. The fourth-order valence-corrected chi connectivity index (χ4v) is 3.55. The van der Waals surface area contributed by atoms with E-state index in [1.165, 1.54) is 44.9 Å². The van der Waals surface area contributed by atoms with Crippen LogP contribution in [0.2, 0.25) is 0 Å². The molecule has 0 spiro atoms. The Balaban J connectivity index is 3.85. The van der Waals surface area contributed by atoms with E-state index in [9.17, 15) is 19.5 Å². The summed E-state index contributed by atoms with van der Waals surface area (Å²) in [5.74, 6) is -1.14. The zero-order valence-corrected chi connectivity index (χ0v) is 19.1. The van der Waals surface area contributed by atoms with Crippen LogP contribution in [-0.2, 0) is 4.79 Å². The molecular formula is C21H41N3O4S. The molecule has 0 saturated carbocycles. The molecule has 0 unspecified atom stereocenters. The Kier molecular flexibility index (Phi) is 18.9. The fraction of sp³-hybridized carbons (Fsp3) is 0.857. The molecular weight excluding hydrogens is 390 g/mol. The number of carboxylic acids is 1. The van der Waals surface area contributed by atoms with Crippen molar-refractivity contribution in [3.8, 4) is 0 Å². The van der Waals surface area contributed by atoms with Crippen molar-refractivity contribution >= 4 is 29.0 Å². The highest BCUT2D eigenvalue weighted by atomic mass is 32.2. The van der Waals surface area contributed by atoms with Crippen molar-refractivity contribution in [2.24, 2.45) is 0 Å². The van der Waals surface area contributed by atoms with Gasteiger partial charge in [0, 0.05) is 18.8 Å². The third-order valence-electron chi connectivity index (χ3n) is 4.60. The smallest absolute Gasteiger partial charge is 0.327 e. The van der Waals surface area contributed by atoms with Gasteiger partial charge in [0.15, 0.2) is 0 Å². The van der Waals surface area contributed by atoms with Gasteiger partial charge in [-0.2, -0.15) is 0 Å². The molecule has 0 aliphatic rings. The Bertz CT molecular complexity index is 450. The third-order valence-corrected chi connectivity index (χ3v) is 5.51. The van der Waals surface area contributed by atoms with Gasteiger partial charge in [-0.1, -0.05) is 89.8 Å². The molecule has 0 rings (SSSR count). The van der Waals surface area contributed by atoms with Crippen molar-refractivity contribution in [1.29, 1.82) is 0 Å². The normalized spacial score (nSPS) is 11.7. The lowest BCUT2D eigenvalue weighted by atomic mass is 10.1. The number of amides is 3. The molecule has 0 saturated heterocycles. The first-order valence-electron chi connectivity index (χ1n) is 11.2. The Hall–Kier alpha value is -1.44. The molecule has 8 heteroatoms. The second-order valence-corrected chi connectivity index (χ2v) is 8.34. The van der Waals surface area contributed by atoms with E-state index < -0.39 is 18.0 Å². The zero-order valence-electron chi connectivity index (χ0n) is 18.3. The van der Waals surface area contributed by atoms with E-state index in [1.54, 1.807) is 0 Å². The molecule has 4 N–H and O–H groups in total. The SMILES string of the molecule is CCCCCCCCNC(=O)N[C@@H](CSC(=O)NCCCCCCCC)C(=O)O. The highest BCUT2D eigenvalue weighted by Crippen LogP contribution is 2.07. The lowest BCUT2D eigenvalue weighted by molar-refractivity contribution is -0.138. The topological polar surface area (TPSA) is 108 Å². The lowest BCUT2D eigenvalue weighted by Gasteiger charge is -2.14. The number of hydrogen-bond donors (Lipinski definition) is 4. The van der Waals surface area contributed by atoms with Gasteiger partial charge in [-0.3, -0.25) is 4.79 Å². The first-order valence-corrected chi connectivity index (χ1v) is 12.2. The summed E-state index contributed by atoms with van der Waals surface area (Å²) in [5, 5.41) is 16.9. The van der Waals surface area contributed by atoms with Crippen molar-refractivity contribution in [1.82, 2.24) is 16.0 Å².